The first-order valence-electron chi connectivity index (χ1n) is 11.4. The van der Waals surface area contributed by atoms with Crippen molar-refractivity contribution in [2.24, 2.45) is 14.1 Å². The number of amides is 1. The van der Waals surface area contributed by atoms with Gasteiger partial charge in [-0.25, -0.2) is 19.9 Å². The second kappa shape index (κ2) is 9.19. The van der Waals surface area contributed by atoms with Crippen LogP contribution in [0.25, 0.3) is 33.5 Å². The Balaban J connectivity index is 1.63. The second-order valence-electron chi connectivity index (χ2n) is 8.62. The SMILES string of the molecule is C=C(C)C(=O)Nc1cc(-c2c(-c3ccc(Oc4nccc(C)n4)cc3)c3c(N)ncnc3n2C)n(C)n1. The summed E-state index contributed by atoms with van der Waals surface area (Å²) in [7, 11) is 3.71. The highest BCUT2D eigenvalue weighted by Gasteiger charge is 2.24. The van der Waals surface area contributed by atoms with E-state index >= 15 is 0 Å². The fourth-order valence-electron chi connectivity index (χ4n) is 4.10. The van der Waals surface area contributed by atoms with E-state index in [0.717, 1.165) is 28.2 Å². The molecule has 0 aliphatic rings. The minimum absolute atomic E-state index is 0.274. The van der Waals surface area contributed by atoms with Gasteiger partial charge in [-0.15, -0.1) is 0 Å². The lowest BCUT2D eigenvalue weighted by atomic mass is 10.0. The minimum Gasteiger partial charge on any atom is -0.424 e. The highest BCUT2D eigenvalue weighted by Crippen LogP contribution is 2.42. The van der Waals surface area contributed by atoms with Crippen LogP contribution >= 0.6 is 0 Å². The van der Waals surface area contributed by atoms with Crippen molar-refractivity contribution in [3.05, 3.63) is 66.8 Å². The molecule has 5 aromatic rings. The number of fused-ring (bicyclic) bond motifs is 1. The van der Waals surface area contributed by atoms with Crippen LogP contribution in [0, 0.1) is 6.92 Å². The molecule has 11 nitrogen and oxygen atoms in total. The monoisotopic (exact) mass is 495 g/mol. The summed E-state index contributed by atoms with van der Waals surface area (Å²) in [6.45, 7) is 7.20. The zero-order valence-corrected chi connectivity index (χ0v) is 20.9. The molecule has 0 saturated carbocycles. The van der Waals surface area contributed by atoms with E-state index in [-0.39, 0.29) is 11.9 Å². The summed E-state index contributed by atoms with van der Waals surface area (Å²) in [6.07, 6.45) is 3.09. The van der Waals surface area contributed by atoms with Crippen LogP contribution in [0.2, 0.25) is 0 Å². The van der Waals surface area contributed by atoms with Crippen molar-refractivity contribution in [3.8, 4) is 34.3 Å². The average molecular weight is 496 g/mol. The predicted octanol–water partition coefficient (Wildman–Crippen LogP) is 4.02. The first-order valence-corrected chi connectivity index (χ1v) is 11.4. The third-order valence-electron chi connectivity index (χ3n) is 5.87. The molecule has 0 unspecified atom stereocenters. The van der Waals surface area contributed by atoms with Crippen molar-refractivity contribution in [2.75, 3.05) is 11.1 Å². The molecule has 1 aromatic carbocycles. The molecular weight excluding hydrogens is 470 g/mol. The third kappa shape index (κ3) is 4.38. The Morgan fingerprint density at radius 2 is 1.86 bits per heavy atom. The summed E-state index contributed by atoms with van der Waals surface area (Å²) >= 11 is 0. The Morgan fingerprint density at radius 3 is 2.57 bits per heavy atom. The number of nitrogens with two attached hydrogens (primary N) is 1. The molecule has 186 valence electrons. The van der Waals surface area contributed by atoms with Crippen molar-refractivity contribution >= 4 is 28.6 Å². The lowest BCUT2D eigenvalue weighted by Crippen LogP contribution is -2.12. The molecule has 37 heavy (non-hydrogen) atoms. The van der Waals surface area contributed by atoms with Gasteiger partial charge < -0.3 is 20.4 Å². The Morgan fingerprint density at radius 1 is 1.11 bits per heavy atom. The summed E-state index contributed by atoms with van der Waals surface area (Å²) in [6, 6.07) is 11.4. The molecule has 4 aromatic heterocycles. The average Bonchev–Trinajstić information content (AvgIpc) is 3.36. The molecule has 11 heteroatoms. The second-order valence-corrected chi connectivity index (χ2v) is 8.62. The standard InChI is InChI=1S/C26H25N9O2/c1-14(2)25(36)32-19-12-18(35(5)33-19)22-20(21-23(27)29-13-30-24(21)34(22)4)16-6-8-17(9-7-16)37-26-28-11-10-15(3)31-26/h6-13H,1H2,2-5H3,(H2,27,29,30)(H,32,33,36). The lowest BCUT2D eigenvalue weighted by Gasteiger charge is -2.10. The van der Waals surface area contributed by atoms with Gasteiger partial charge in [0.15, 0.2) is 5.82 Å². The number of benzene rings is 1. The Kier molecular flexibility index (Phi) is 5.88. The van der Waals surface area contributed by atoms with E-state index in [1.54, 1.807) is 37.0 Å². The number of aryl methyl sites for hydroxylation is 3. The van der Waals surface area contributed by atoms with Crippen molar-refractivity contribution in [2.45, 2.75) is 13.8 Å². The number of hydrogen-bond acceptors (Lipinski definition) is 8. The highest BCUT2D eigenvalue weighted by molar-refractivity contribution is 6.08. The van der Waals surface area contributed by atoms with Crippen LogP contribution in [0.1, 0.15) is 12.6 Å². The zero-order chi connectivity index (χ0) is 26.3. The van der Waals surface area contributed by atoms with Gasteiger partial charge in [-0.3, -0.25) is 9.48 Å². The van der Waals surface area contributed by atoms with Crippen molar-refractivity contribution < 1.29 is 9.53 Å². The van der Waals surface area contributed by atoms with Crippen LogP contribution < -0.4 is 15.8 Å². The summed E-state index contributed by atoms with van der Waals surface area (Å²) in [5.41, 5.74) is 11.5. The van der Waals surface area contributed by atoms with Crippen molar-refractivity contribution in [1.29, 1.82) is 0 Å². The van der Waals surface area contributed by atoms with Crippen LogP contribution in [-0.4, -0.2) is 40.2 Å². The van der Waals surface area contributed by atoms with Crippen LogP contribution in [0.15, 0.2) is 61.1 Å². The largest absolute Gasteiger partial charge is 0.424 e. The Bertz CT molecular complexity index is 1670. The number of aromatic nitrogens is 7. The zero-order valence-electron chi connectivity index (χ0n) is 20.9. The number of nitrogens with zero attached hydrogens (tertiary/aromatic N) is 7. The van der Waals surface area contributed by atoms with Gasteiger partial charge in [0.05, 0.1) is 16.8 Å². The van der Waals surface area contributed by atoms with Gasteiger partial charge in [0, 0.05) is 43.2 Å². The van der Waals surface area contributed by atoms with Gasteiger partial charge >= 0.3 is 6.01 Å². The summed E-state index contributed by atoms with van der Waals surface area (Å²) in [4.78, 5) is 29.3. The Labute approximate surface area is 212 Å². The molecule has 0 bridgehead atoms. The van der Waals surface area contributed by atoms with Crippen LogP contribution in [0.4, 0.5) is 11.6 Å². The first kappa shape index (κ1) is 23.7. The number of carbonyl (C=O) groups is 1. The minimum atomic E-state index is -0.301. The molecule has 0 atom stereocenters. The van der Waals surface area contributed by atoms with Crippen LogP contribution in [0.5, 0.6) is 11.8 Å². The predicted molar refractivity (Wildman–Crippen MR) is 141 cm³/mol. The maximum Gasteiger partial charge on any atom is 0.322 e. The number of carbonyl (C=O) groups excluding carboxylic acids is 1. The third-order valence-corrected chi connectivity index (χ3v) is 5.87. The fraction of sp³-hybridized carbons (Fsp3) is 0.154. The number of nitrogen functional groups attached to an aromatic ring is 1. The van der Waals surface area contributed by atoms with Crippen LogP contribution in [-0.2, 0) is 18.9 Å². The van der Waals surface area contributed by atoms with E-state index in [9.17, 15) is 4.79 Å². The first-order chi connectivity index (χ1) is 17.7. The van der Waals surface area contributed by atoms with Gasteiger partial charge in [-0.2, -0.15) is 5.10 Å². The fourth-order valence-corrected chi connectivity index (χ4v) is 4.10. The molecule has 4 heterocycles. The van der Waals surface area contributed by atoms with Crippen LogP contribution in [0.3, 0.4) is 0 Å². The quantitative estimate of drug-likeness (QED) is 0.337. The maximum absolute atomic E-state index is 12.2. The molecule has 1 amide bonds. The molecule has 5 rings (SSSR count). The van der Waals surface area contributed by atoms with Gasteiger partial charge in [-0.1, -0.05) is 18.7 Å². The molecule has 0 spiro atoms. The van der Waals surface area contributed by atoms with E-state index in [2.05, 4.69) is 36.9 Å². The number of ether oxygens (including phenoxy) is 1. The molecule has 0 fully saturated rings. The van der Waals surface area contributed by atoms with Gasteiger partial charge in [0.25, 0.3) is 5.91 Å². The molecule has 0 aliphatic carbocycles. The summed E-state index contributed by atoms with van der Waals surface area (Å²) in [5, 5.41) is 7.96. The molecular formula is C26H25N9O2. The normalized spacial score (nSPS) is 11.0. The van der Waals surface area contributed by atoms with Crippen molar-refractivity contribution in [3.63, 3.8) is 0 Å². The van der Waals surface area contributed by atoms with Crippen molar-refractivity contribution in [1.82, 2.24) is 34.3 Å². The highest BCUT2D eigenvalue weighted by atomic mass is 16.5. The number of anilines is 2. The van der Waals surface area contributed by atoms with E-state index in [0.29, 0.717) is 34.0 Å². The summed E-state index contributed by atoms with van der Waals surface area (Å²) in [5.74, 6) is 1.05. The van der Waals surface area contributed by atoms with E-state index < -0.39 is 0 Å². The van der Waals surface area contributed by atoms with Gasteiger partial charge in [0.2, 0.25) is 0 Å². The number of nitrogens with one attached hydrogen (secondary N) is 1. The lowest BCUT2D eigenvalue weighted by molar-refractivity contribution is -0.112. The van der Waals surface area contributed by atoms with Gasteiger partial charge in [0.1, 0.15) is 23.5 Å². The van der Waals surface area contributed by atoms with E-state index in [1.165, 1.54) is 6.33 Å². The topological polar surface area (TPSA) is 139 Å². The Hall–Kier alpha value is -5.06. The smallest absolute Gasteiger partial charge is 0.322 e. The van der Waals surface area contributed by atoms with E-state index in [4.69, 9.17) is 10.5 Å². The molecule has 0 aliphatic heterocycles. The van der Waals surface area contributed by atoms with Gasteiger partial charge in [-0.05, 0) is 37.6 Å². The molecule has 0 radical (unpaired) electrons. The molecule has 0 saturated heterocycles. The number of hydrogen-bond donors (Lipinski definition) is 2. The molecule has 3 N–H and O–H groups in total. The van der Waals surface area contributed by atoms with E-state index in [1.807, 2.05) is 42.8 Å². The maximum atomic E-state index is 12.2. The summed E-state index contributed by atoms with van der Waals surface area (Å²) < 4.78 is 9.46. The number of rotatable bonds is 6.